The fourth-order valence-electron chi connectivity index (χ4n) is 5.60. The number of hydrogen-bond donors (Lipinski definition) is 1. The molecule has 0 aromatic heterocycles. The highest BCUT2D eigenvalue weighted by atomic mass is 16.2. The number of carbonyl (C=O) groups is 2. The van der Waals surface area contributed by atoms with Gasteiger partial charge in [0.15, 0.2) is 0 Å². The molecule has 4 bridgehead atoms. The molecule has 5 fully saturated rings. The van der Waals surface area contributed by atoms with E-state index in [1.54, 1.807) is 0 Å². The Balaban J connectivity index is 1.36. The first-order valence-corrected chi connectivity index (χ1v) is 9.43. The molecule has 5 aliphatic rings. The Bertz CT molecular complexity index is 481. The van der Waals surface area contributed by atoms with Crippen molar-refractivity contribution < 1.29 is 9.59 Å². The van der Waals surface area contributed by atoms with Crippen molar-refractivity contribution in [2.24, 2.45) is 17.8 Å². The maximum Gasteiger partial charge on any atom is 0.317 e. The van der Waals surface area contributed by atoms with Crippen LogP contribution >= 0.6 is 0 Å². The molecule has 2 aliphatic carbocycles. The van der Waals surface area contributed by atoms with Gasteiger partial charge in [0, 0.05) is 38.1 Å². The lowest BCUT2D eigenvalue weighted by Crippen LogP contribution is -2.51. The predicted molar refractivity (Wildman–Crippen MR) is 87.9 cm³/mol. The van der Waals surface area contributed by atoms with Crippen molar-refractivity contribution in [1.82, 2.24) is 15.1 Å². The molecule has 0 aromatic rings. The maximum atomic E-state index is 12.8. The summed E-state index contributed by atoms with van der Waals surface area (Å²) in [4.78, 5) is 28.5. The summed E-state index contributed by atoms with van der Waals surface area (Å²) < 4.78 is 0. The highest BCUT2D eigenvalue weighted by Gasteiger charge is 2.44. The first-order chi connectivity index (χ1) is 11.1. The van der Waals surface area contributed by atoms with Gasteiger partial charge in [-0.05, 0) is 63.2 Å². The number of likely N-dealkylation sites (tertiary alicyclic amines) is 1. The molecule has 2 saturated carbocycles. The summed E-state index contributed by atoms with van der Waals surface area (Å²) >= 11 is 0. The van der Waals surface area contributed by atoms with E-state index in [0.29, 0.717) is 24.9 Å². The number of rotatable bonds is 3. The van der Waals surface area contributed by atoms with Gasteiger partial charge >= 0.3 is 6.03 Å². The molecule has 3 amide bonds. The molecule has 23 heavy (non-hydrogen) atoms. The predicted octanol–water partition coefficient (Wildman–Crippen LogP) is 2.22. The molecule has 5 heteroatoms. The van der Waals surface area contributed by atoms with Crippen LogP contribution in [-0.2, 0) is 4.79 Å². The van der Waals surface area contributed by atoms with E-state index in [-0.39, 0.29) is 18.0 Å². The van der Waals surface area contributed by atoms with Crippen molar-refractivity contribution in [2.45, 2.75) is 64.0 Å². The van der Waals surface area contributed by atoms with Crippen LogP contribution in [0.3, 0.4) is 0 Å². The molecule has 3 atom stereocenters. The standard InChI is InChI=1S/C18H29N3O2/c1-12(10-20-4-2-3-17(20)22)19-18(23)21-11-15-6-13-5-14(7-15)9-16(21)8-13/h12-16H,2-11H2,1H3,(H,19,23). The van der Waals surface area contributed by atoms with Crippen LogP contribution in [0.25, 0.3) is 0 Å². The second kappa shape index (κ2) is 5.99. The highest BCUT2D eigenvalue weighted by molar-refractivity contribution is 5.78. The lowest BCUT2D eigenvalue weighted by atomic mass is 9.68. The Hall–Kier alpha value is -1.26. The van der Waals surface area contributed by atoms with Gasteiger partial charge in [0.05, 0.1) is 0 Å². The zero-order valence-corrected chi connectivity index (χ0v) is 14.2. The molecule has 1 N–H and O–H groups in total. The van der Waals surface area contributed by atoms with Crippen molar-refractivity contribution in [3.05, 3.63) is 0 Å². The molecule has 0 aromatic carbocycles. The molecule has 3 saturated heterocycles. The SMILES string of the molecule is CC(CN1CCCC1=O)NC(=O)N1CC2CC3CC(C2)CC1C3. The molecule has 0 spiro atoms. The molecule has 5 rings (SSSR count). The van der Waals surface area contributed by atoms with Gasteiger partial charge < -0.3 is 15.1 Å². The number of nitrogens with zero attached hydrogens (tertiary/aromatic N) is 2. The van der Waals surface area contributed by atoms with E-state index >= 15 is 0 Å². The number of fused-ring (bicyclic) bond motifs is 1. The third kappa shape index (κ3) is 3.07. The number of urea groups is 1. The van der Waals surface area contributed by atoms with E-state index in [0.717, 1.165) is 31.3 Å². The number of carbonyl (C=O) groups excluding carboxylic acids is 2. The van der Waals surface area contributed by atoms with Crippen LogP contribution in [-0.4, -0.2) is 53.5 Å². The minimum Gasteiger partial charge on any atom is -0.341 e. The van der Waals surface area contributed by atoms with Gasteiger partial charge in [0.25, 0.3) is 0 Å². The van der Waals surface area contributed by atoms with E-state index in [4.69, 9.17) is 0 Å². The summed E-state index contributed by atoms with van der Waals surface area (Å²) in [7, 11) is 0. The van der Waals surface area contributed by atoms with Crippen molar-refractivity contribution in [2.75, 3.05) is 19.6 Å². The van der Waals surface area contributed by atoms with Crippen LogP contribution < -0.4 is 5.32 Å². The summed E-state index contributed by atoms with van der Waals surface area (Å²) in [6.07, 6.45) is 8.09. The quantitative estimate of drug-likeness (QED) is 0.867. The Kier molecular flexibility index (Phi) is 3.98. The normalized spacial score (nSPS) is 37.2. The molecule has 5 nitrogen and oxygen atoms in total. The van der Waals surface area contributed by atoms with E-state index in [9.17, 15) is 9.59 Å². The first kappa shape index (κ1) is 15.3. The zero-order valence-electron chi connectivity index (χ0n) is 14.2. The Morgan fingerprint density at radius 2 is 1.87 bits per heavy atom. The van der Waals surface area contributed by atoms with Crippen molar-refractivity contribution in [1.29, 1.82) is 0 Å². The molecule has 3 aliphatic heterocycles. The van der Waals surface area contributed by atoms with Gasteiger partial charge in [-0.25, -0.2) is 4.79 Å². The summed E-state index contributed by atoms with van der Waals surface area (Å²) in [6.45, 7) is 4.46. The average Bonchev–Trinajstić information content (AvgIpc) is 2.77. The third-order valence-electron chi connectivity index (χ3n) is 6.40. The summed E-state index contributed by atoms with van der Waals surface area (Å²) in [5.41, 5.74) is 0. The number of amides is 3. The van der Waals surface area contributed by atoms with Gasteiger partial charge in [-0.2, -0.15) is 0 Å². The smallest absolute Gasteiger partial charge is 0.317 e. The molecular formula is C18H29N3O2. The zero-order chi connectivity index (χ0) is 16.0. The topological polar surface area (TPSA) is 52.7 Å². The largest absolute Gasteiger partial charge is 0.341 e. The lowest BCUT2D eigenvalue weighted by Gasteiger charge is -2.39. The van der Waals surface area contributed by atoms with E-state index in [2.05, 4.69) is 10.2 Å². The summed E-state index contributed by atoms with van der Waals surface area (Å²) in [5, 5.41) is 3.16. The van der Waals surface area contributed by atoms with Crippen molar-refractivity contribution in [3.63, 3.8) is 0 Å². The monoisotopic (exact) mass is 319 g/mol. The second-order valence-corrected chi connectivity index (χ2v) is 8.38. The molecule has 0 radical (unpaired) electrons. The second-order valence-electron chi connectivity index (χ2n) is 8.38. The van der Waals surface area contributed by atoms with Crippen LogP contribution in [0.15, 0.2) is 0 Å². The third-order valence-corrected chi connectivity index (χ3v) is 6.40. The van der Waals surface area contributed by atoms with Crippen LogP contribution in [0.2, 0.25) is 0 Å². The van der Waals surface area contributed by atoms with E-state index in [1.165, 1.54) is 32.1 Å². The van der Waals surface area contributed by atoms with Crippen LogP contribution in [0.4, 0.5) is 4.79 Å². The van der Waals surface area contributed by atoms with Gasteiger partial charge in [0.2, 0.25) is 5.91 Å². The Morgan fingerprint density at radius 3 is 2.52 bits per heavy atom. The van der Waals surface area contributed by atoms with Gasteiger partial charge in [-0.3, -0.25) is 4.79 Å². The van der Waals surface area contributed by atoms with Crippen molar-refractivity contribution >= 4 is 11.9 Å². The van der Waals surface area contributed by atoms with Crippen LogP contribution in [0.5, 0.6) is 0 Å². The van der Waals surface area contributed by atoms with E-state index in [1.807, 2.05) is 11.8 Å². The Morgan fingerprint density at radius 1 is 1.17 bits per heavy atom. The Labute approximate surface area is 138 Å². The van der Waals surface area contributed by atoms with Gasteiger partial charge in [0.1, 0.15) is 0 Å². The lowest BCUT2D eigenvalue weighted by molar-refractivity contribution is -0.127. The maximum absolute atomic E-state index is 12.8. The molecule has 128 valence electrons. The summed E-state index contributed by atoms with van der Waals surface area (Å²) in [5.74, 6) is 2.66. The minimum atomic E-state index is 0.0298. The molecule has 3 unspecified atom stereocenters. The van der Waals surface area contributed by atoms with Crippen molar-refractivity contribution in [3.8, 4) is 0 Å². The van der Waals surface area contributed by atoms with Crippen LogP contribution in [0.1, 0.15) is 51.9 Å². The fraction of sp³-hybridized carbons (Fsp3) is 0.889. The number of hydrogen-bond acceptors (Lipinski definition) is 2. The minimum absolute atomic E-state index is 0.0298. The molecule has 3 heterocycles. The first-order valence-electron chi connectivity index (χ1n) is 9.43. The summed E-state index contributed by atoms with van der Waals surface area (Å²) in [6, 6.07) is 0.580. The van der Waals surface area contributed by atoms with Crippen LogP contribution in [0, 0.1) is 17.8 Å². The highest BCUT2D eigenvalue weighted by Crippen LogP contribution is 2.47. The molecular weight excluding hydrogens is 290 g/mol. The van der Waals surface area contributed by atoms with E-state index < -0.39 is 0 Å². The number of nitrogens with one attached hydrogen (secondary N) is 1. The fourth-order valence-corrected chi connectivity index (χ4v) is 5.60. The van der Waals surface area contributed by atoms with Gasteiger partial charge in [-0.1, -0.05) is 0 Å². The average molecular weight is 319 g/mol. The van der Waals surface area contributed by atoms with Gasteiger partial charge in [-0.15, -0.1) is 0 Å².